The summed E-state index contributed by atoms with van der Waals surface area (Å²) in [5.74, 6) is -0.149. The molecule has 0 amide bonds. The quantitative estimate of drug-likeness (QED) is 0.473. The van der Waals surface area contributed by atoms with Gasteiger partial charge in [0.1, 0.15) is 6.07 Å². The molecule has 0 fully saturated rings. The Hall–Kier alpha value is -3.78. The highest BCUT2D eigenvalue weighted by atomic mass is 16.1. The van der Waals surface area contributed by atoms with Gasteiger partial charge in [0.15, 0.2) is 17.1 Å². The molecule has 0 spiro atoms. The molecule has 0 aliphatic heterocycles. The summed E-state index contributed by atoms with van der Waals surface area (Å²) < 4.78 is 1.70. The monoisotopic (exact) mass is 322 g/mol. The maximum Gasteiger partial charge on any atom is 0.197 e. The number of para-hydroxylation sites is 1. The number of hydrogen-bond acceptors (Lipinski definition) is 4. The molecule has 5 nitrogen and oxygen atoms in total. The Morgan fingerprint density at radius 2 is 1.64 bits per heavy atom. The standard InChI is InChI=1S/C20H10N4O/c21-10-16-18-17(13-8-4-5-9-14(13)19(18)25)15-11-22-24(20(15)23-16)12-6-2-1-3-7-12/h1-9,11H. The second-order valence-electron chi connectivity index (χ2n) is 5.83. The SMILES string of the molecule is N#Cc1nc2c(cnn2-c2ccccc2)c2c1C(=O)c1ccccc1-2. The lowest BCUT2D eigenvalue weighted by Crippen LogP contribution is -2.03. The molecule has 0 atom stereocenters. The van der Waals surface area contributed by atoms with Crippen molar-refractivity contribution in [1.29, 1.82) is 5.26 Å². The van der Waals surface area contributed by atoms with Gasteiger partial charge in [0.2, 0.25) is 0 Å². The van der Waals surface area contributed by atoms with Crippen LogP contribution in [0.2, 0.25) is 0 Å². The summed E-state index contributed by atoms with van der Waals surface area (Å²) in [6.07, 6.45) is 1.71. The maximum absolute atomic E-state index is 12.8. The summed E-state index contributed by atoms with van der Waals surface area (Å²) in [5, 5.41) is 14.8. The number of aromatic nitrogens is 3. The zero-order chi connectivity index (χ0) is 17.0. The molecule has 5 rings (SSSR count). The van der Waals surface area contributed by atoms with Crippen molar-refractivity contribution in [2.24, 2.45) is 0 Å². The molecule has 5 heteroatoms. The first-order valence-electron chi connectivity index (χ1n) is 7.81. The van der Waals surface area contributed by atoms with Gasteiger partial charge in [0.05, 0.1) is 17.4 Å². The van der Waals surface area contributed by atoms with Crippen molar-refractivity contribution in [2.45, 2.75) is 0 Å². The highest BCUT2D eigenvalue weighted by Gasteiger charge is 2.33. The summed E-state index contributed by atoms with van der Waals surface area (Å²) >= 11 is 0. The molecule has 0 N–H and O–H groups in total. The van der Waals surface area contributed by atoms with E-state index in [0.29, 0.717) is 16.8 Å². The molecule has 2 aromatic heterocycles. The average Bonchev–Trinajstić information content (AvgIpc) is 3.22. The highest BCUT2D eigenvalue weighted by molar-refractivity contribution is 6.26. The number of carbonyl (C=O) groups is 1. The fourth-order valence-electron chi connectivity index (χ4n) is 3.41. The van der Waals surface area contributed by atoms with E-state index in [0.717, 1.165) is 22.2 Å². The Labute approximate surface area is 142 Å². The molecule has 1 aliphatic carbocycles. The summed E-state index contributed by atoms with van der Waals surface area (Å²) in [7, 11) is 0. The first-order chi connectivity index (χ1) is 12.3. The summed E-state index contributed by atoms with van der Waals surface area (Å²) in [5.41, 5.74) is 4.14. The molecule has 2 heterocycles. The number of nitrogens with zero attached hydrogens (tertiary/aromatic N) is 4. The normalized spacial score (nSPS) is 12.0. The second kappa shape index (κ2) is 4.86. The molecule has 0 radical (unpaired) electrons. The van der Waals surface area contributed by atoms with Crippen molar-refractivity contribution in [3.05, 3.63) is 77.6 Å². The van der Waals surface area contributed by atoms with Gasteiger partial charge in [-0.1, -0.05) is 42.5 Å². The third-order valence-corrected chi connectivity index (χ3v) is 4.49. The van der Waals surface area contributed by atoms with Gasteiger partial charge >= 0.3 is 0 Å². The summed E-state index contributed by atoms with van der Waals surface area (Å²) in [6.45, 7) is 0. The molecule has 0 saturated heterocycles. The van der Waals surface area contributed by atoms with E-state index in [1.807, 2.05) is 48.5 Å². The van der Waals surface area contributed by atoms with Crippen LogP contribution in [-0.2, 0) is 0 Å². The van der Waals surface area contributed by atoms with E-state index in [2.05, 4.69) is 16.2 Å². The topological polar surface area (TPSA) is 71.6 Å². The van der Waals surface area contributed by atoms with E-state index < -0.39 is 0 Å². The molecule has 0 unspecified atom stereocenters. The van der Waals surface area contributed by atoms with Crippen LogP contribution in [0.3, 0.4) is 0 Å². The maximum atomic E-state index is 12.8. The van der Waals surface area contributed by atoms with Gasteiger partial charge in [-0.3, -0.25) is 4.79 Å². The molecule has 2 aromatic carbocycles. The lowest BCUT2D eigenvalue weighted by Gasteiger charge is -2.06. The number of ketones is 1. The van der Waals surface area contributed by atoms with E-state index >= 15 is 0 Å². The molecule has 0 bridgehead atoms. The number of fused-ring (bicyclic) bond motifs is 5. The smallest absolute Gasteiger partial charge is 0.197 e. The van der Waals surface area contributed by atoms with Crippen molar-refractivity contribution in [3.63, 3.8) is 0 Å². The molecule has 0 saturated carbocycles. The Kier molecular flexibility index (Phi) is 2.65. The predicted molar refractivity (Wildman–Crippen MR) is 92.4 cm³/mol. The van der Waals surface area contributed by atoms with Crippen molar-refractivity contribution >= 4 is 16.8 Å². The largest absolute Gasteiger partial charge is 0.288 e. The third-order valence-electron chi connectivity index (χ3n) is 4.49. The van der Waals surface area contributed by atoms with E-state index in [9.17, 15) is 10.1 Å². The van der Waals surface area contributed by atoms with Crippen molar-refractivity contribution in [3.8, 4) is 22.9 Å². The van der Waals surface area contributed by atoms with Gasteiger partial charge < -0.3 is 0 Å². The van der Waals surface area contributed by atoms with E-state index in [1.165, 1.54) is 0 Å². The van der Waals surface area contributed by atoms with Crippen LogP contribution in [0.4, 0.5) is 0 Å². The number of rotatable bonds is 1. The van der Waals surface area contributed by atoms with Crippen LogP contribution in [-0.4, -0.2) is 20.5 Å². The van der Waals surface area contributed by atoms with Crippen LogP contribution in [0.15, 0.2) is 60.8 Å². The molecule has 25 heavy (non-hydrogen) atoms. The number of carbonyl (C=O) groups excluding carboxylic acids is 1. The lowest BCUT2D eigenvalue weighted by molar-refractivity contribution is 0.104. The summed E-state index contributed by atoms with van der Waals surface area (Å²) in [6, 6.07) is 19.1. The molecular weight excluding hydrogens is 312 g/mol. The molecule has 4 aromatic rings. The fourth-order valence-corrected chi connectivity index (χ4v) is 3.41. The molecule has 116 valence electrons. The number of hydrogen-bond donors (Lipinski definition) is 0. The Bertz CT molecular complexity index is 1220. The number of pyridine rings is 1. The summed E-state index contributed by atoms with van der Waals surface area (Å²) in [4.78, 5) is 17.2. The second-order valence-corrected chi connectivity index (χ2v) is 5.83. The Balaban J connectivity index is 1.92. The van der Waals surface area contributed by atoms with E-state index in [4.69, 9.17) is 0 Å². The van der Waals surface area contributed by atoms with Crippen LogP contribution >= 0.6 is 0 Å². The van der Waals surface area contributed by atoms with E-state index in [-0.39, 0.29) is 11.5 Å². The zero-order valence-electron chi connectivity index (χ0n) is 13.0. The Morgan fingerprint density at radius 1 is 0.920 bits per heavy atom. The minimum Gasteiger partial charge on any atom is -0.288 e. The van der Waals surface area contributed by atoms with Gasteiger partial charge in [0, 0.05) is 16.5 Å². The van der Waals surface area contributed by atoms with Gasteiger partial charge in [-0.15, -0.1) is 0 Å². The first kappa shape index (κ1) is 13.6. The van der Waals surface area contributed by atoms with Gasteiger partial charge in [0.25, 0.3) is 0 Å². The Morgan fingerprint density at radius 3 is 2.40 bits per heavy atom. The zero-order valence-corrected chi connectivity index (χ0v) is 13.0. The average molecular weight is 322 g/mol. The van der Waals surface area contributed by atoms with Gasteiger partial charge in [-0.2, -0.15) is 10.4 Å². The van der Waals surface area contributed by atoms with Crippen LogP contribution in [0, 0.1) is 11.3 Å². The van der Waals surface area contributed by atoms with Crippen LogP contribution < -0.4 is 0 Å². The molecule has 1 aliphatic rings. The third kappa shape index (κ3) is 1.73. The minimum atomic E-state index is -0.149. The van der Waals surface area contributed by atoms with Crippen LogP contribution in [0.1, 0.15) is 21.6 Å². The lowest BCUT2D eigenvalue weighted by atomic mass is 10.0. The van der Waals surface area contributed by atoms with Gasteiger partial charge in [-0.05, 0) is 17.7 Å². The van der Waals surface area contributed by atoms with E-state index in [1.54, 1.807) is 16.9 Å². The highest BCUT2D eigenvalue weighted by Crippen LogP contribution is 2.42. The van der Waals surface area contributed by atoms with Crippen LogP contribution in [0.5, 0.6) is 0 Å². The van der Waals surface area contributed by atoms with Crippen molar-refractivity contribution in [2.75, 3.05) is 0 Å². The predicted octanol–water partition coefficient (Wildman–Crippen LogP) is 3.50. The fraction of sp³-hybridized carbons (Fsp3) is 0. The van der Waals surface area contributed by atoms with Crippen molar-refractivity contribution < 1.29 is 4.79 Å². The van der Waals surface area contributed by atoms with Crippen molar-refractivity contribution in [1.82, 2.24) is 14.8 Å². The minimum absolute atomic E-state index is 0.140. The number of nitriles is 1. The van der Waals surface area contributed by atoms with Crippen LogP contribution in [0.25, 0.3) is 27.8 Å². The first-order valence-corrected chi connectivity index (χ1v) is 7.81. The van der Waals surface area contributed by atoms with Gasteiger partial charge in [-0.25, -0.2) is 9.67 Å². The number of benzene rings is 2. The molecular formula is C20H10N4O.